The summed E-state index contributed by atoms with van der Waals surface area (Å²) >= 11 is 0. The van der Waals surface area contributed by atoms with Crippen LogP contribution in [0.5, 0.6) is 0 Å². The Hall–Kier alpha value is -0.842. The van der Waals surface area contributed by atoms with Crippen LogP contribution in [0.1, 0.15) is 20.8 Å². The van der Waals surface area contributed by atoms with Gasteiger partial charge >= 0.3 is 34.5 Å². The molecule has 0 aliphatic rings. The van der Waals surface area contributed by atoms with Gasteiger partial charge in [0.25, 0.3) is 17.9 Å². The molecule has 13 heteroatoms. The first kappa shape index (κ1) is 25.2. The van der Waals surface area contributed by atoms with Gasteiger partial charge in [0.05, 0.1) is 0 Å². The van der Waals surface area contributed by atoms with Gasteiger partial charge in [0.2, 0.25) is 0 Å². The number of hydrogen-bond donors (Lipinski definition) is 0. The zero-order valence-electron chi connectivity index (χ0n) is 17.2. The Bertz CT molecular complexity index is 532. The monoisotopic (exact) mass is 442 g/mol. The maximum atomic E-state index is 11.4. The molecular weight excluding hydrogens is 412 g/mol. The molecule has 0 aromatic carbocycles. The molecule has 0 aromatic rings. The molecule has 0 saturated carbocycles. The summed E-state index contributed by atoms with van der Waals surface area (Å²) in [4.78, 5) is 33.9. The summed E-state index contributed by atoms with van der Waals surface area (Å²) in [6.45, 7) is 15.8. The Morgan fingerprint density at radius 3 is 1.15 bits per heavy atom. The molecule has 0 N–H and O–H groups in total. The Kier molecular flexibility index (Phi) is 8.61. The molecule has 0 rings (SSSR count). The topological polar surface area (TPSA) is 107 Å². The van der Waals surface area contributed by atoms with Crippen molar-refractivity contribution in [2.45, 2.75) is 66.6 Å². The molecule has 0 aliphatic heterocycles. The summed E-state index contributed by atoms with van der Waals surface area (Å²) < 4.78 is 33.6. The lowest BCUT2D eigenvalue weighted by Gasteiger charge is -2.39. The van der Waals surface area contributed by atoms with Crippen molar-refractivity contribution in [3.63, 3.8) is 0 Å². The first-order valence-electron chi connectivity index (χ1n) is 8.06. The van der Waals surface area contributed by atoms with E-state index in [9.17, 15) is 14.4 Å². The van der Waals surface area contributed by atoms with Crippen molar-refractivity contribution < 1.29 is 40.0 Å². The van der Waals surface area contributed by atoms with E-state index in [1.165, 1.54) is 27.3 Å². The Balaban J connectivity index is 5.25. The van der Waals surface area contributed by atoms with Crippen LogP contribution in [0, 0.1) is 0 Å². The summed E-state index contributed by atoms with van der Waals surface area (Å²) in [6.07, 6.45) is 0. The highest BCUT2D eigenvalue weighted by atomic mass is 28.5. The highest BCUT2D eigenvalue weighted by Gasteiger charge is 2.51. The summed E-state index contributed by atoms with van der Waals surface area (Å²) in [7, 11) is -12.0. The second-order valence-electron chi connectivity index (χ2n) is 7.15. The quantitative estimate of drug-likeness (QED) is 0.497. The van der Waals surface area contributed by atoms with Gasteiger partial charge in [0.1, 0.15) is 0 Å². The van der Waals surface area contributed by atoms with Gasteiger partial charge in [-0.3, -0.25) is 14.4 Å². The molecule has 152 valence electrons. The number of carbonyl (C=O) groups excluding carboxylic acids is 3. The molecule has 0 aromatic heterocycles. The summed E-state index contributed by atoms with van der Waals surface area (Å²) in [6, 6.07) is 0. The second-order valence-corrected chi connectivity index (χ2v) is 20.3. The smallest absolute Gasteiger partial charge is 0.495 e. The normalized spacial score (nSPS) is 13.2. The molecule has 0 aliphatic carbocycles. The molecule has 0 fully saturated rings. The van der Waals surface area contributed by atoms with Gasteiger partial charge in [-0.05, 0) is 39.3 Å². The molecule has 0 spiro atoms. The first-order valence-corrected chi connectivity index (χ1v) is 18.7. The van der Waals surface area contributed by atoms with E-state index in [1.807, 2.05) is 0 Å². The average molecular weight is 443 g/mol. The first-order chi connectivity index (χ1) is 11.4. The Morgan fingerprint density at radius 1 is 0.500 bits per heavy atom. The SMILES string of the molecule is CC(=O)O[Si](C)(C)O[Si](C)(C)O[Si](C)(C)O[Si](C)(OC(C)=O)OC(C)=O. The Labute approximate surface area is 159 Å². The van der Waals surface area contributed by atoms with Crippen LogP contribution in [0.3, 0.4) is 0 Å². The van der Waals surface area contributed by atoms with E-state index in [0.717, 1.165) is 0 Å². The van der Waals surface area contributed by atoms with Crippen LogP contribution in [-0.2, 0) is 40.0 Å². The van der Waals surface area contributed by atoms with Crippen molar-refractivity contribution in [1.29, 1.82) is 0 Å². The van der Waals surface area contributed by atoms with E-state index in [1.54, 1.807) is 39.3 Å². The van der Waals surface area contributed by atoms with Crippen LogP contribution in [0.2, 0.25) is 45.8 Å². The van der Waals surface area contributed by atoms with E-state index in [4.69, 9.17) is 25.6 Å². The molecular formula is C13H30O9Si4. The third-order valence-corrected chi connectivity index (χ3v) is 15.9. The molecule has 26 heavy (non-hydrogen) atoms. The molecule has 0 amide bonds. The fourth-order valence-electron chi connectivity index (χ4n) is 2.62. The minimum atomic E-state index is -3.57. The Morgan fingerprint density at radius 2 is 0.808 bits per heavy atom. The lowest BCUT2D eigenvalue weighted by molar-refractivity contribution is -0.141. The van der Waals surface area contributed by atoms with Crippen LogP contribution < -0.4 is 0 Å². The van der Waals surface area contributed by atoms with E-state index in [-0.39, 0.29) is 0 Å². The van der Waals surface area contributed by atoms with Gasteiger partial charge in [-0.25, -0.2) is 0 Å². The van der Waals surface area contributed by atoms with Crippen molar-refractivity contribution in [2.75, 3.05) is 0 Å². The summed E-state index contributed by atoms with van der Waals surface area (Å²) in [5.74, 6) is -1.63. The largest absolute Gasteiger partial charge is 0.623 e. The van der Waals surface area contributed by atoms with Crippen LogP contribution >= 0.6 is 0 Å². The third-order valence-electron chi connectivity index (χ3n) is 2.46. The van der Waals surface area contributed by atoms with Crippen LogP contribution in [-0.4, -0.2) is 52.4 Å². The van der Waals surface area contributed by atoms with Crippen LogP contribution in [0.25, 0.3) is 0 Å². The number of rotatable bonds is 9. The predicted molar refractivity (Wildman–Crippen MR) is 103 cm³/mol. The number of hydrogen-bond acceptors (Lipinski definition) is 9. The standard InChI is InChI=1S/C13H30O9Si4/c1-11(14)17-23(4,5)20-24(6,7)21-25(8,9)22-26(10,18-12(2)15)19-13(3)16/h1-10H3. The minimum Gasteiger partial charge on any atom is -0.495 e. The fraction of sp³-hybridized carbons (Fsp3) is 0.769. The summed E-state index contributed by atoms with van der Waals surface area (Å²) in [5, 5.41) is 0. The zero-order chi connectivity index (χ0) is 21.0. The van der Waals surface area contributed by atoms with Crippen molar-refractivity contribution in [1.82, 2.24) is 0 Å². The highest BCUT2D eigenvalue weighted by molar-refractivity contribution is 6.87. The van der Waals surface area contributed by atoms with Crippen LogP contribution in [0.4, 0.5) is 0 Å². The van der Waals surface area contributed by atoms with Gasteiger partial charge in [-0.2, -0.15) is 0 Å². The van der Waals surface area contributed by atoms with Gasteiger partial charge in [-0.1, -0.05) is 0 Å². The predicted octanol–water partition coefficient (Wildman–Crippen LogP) is 2.40. The van der Waals surface area contributed by atoms with Crippen molar-refractivity contribution in [3.05, 3.63) is 0 Å². The zero-order valence-corrected chi connectivity index (χ0v) is 21.2. The maximum Gasteiger partial charge on any atom is 0.623 e. The van der Waals surface area contributed by atoms with E-state index >= 15 is 0 Å². The van der Waals surface area contributed by atoms with Gasteiger partial charge < -0.3 is 25.6 Å². The second kappa shape index (κ2) is 8.90. The maximum absolute atomic E-state index is 11.4. The lowest BCUT2D eigenvalue weighted by Crippen LogP contribution is -2.59. The van der Waals surface area contributed by atoms with Crippen molar-refractivity contribution in [3.8, 4) is 0 Å². The number of carbonyl (C=O) groups is 3. The van der Waals surface area contributed by atoms with Crippen LogP contribution in [0.15, 0.2) is 0 Å². The molecule has 0 atom stereocenters. The highest BCUT2D eigenvalue weighted by Crippen LogP contribution is 2.25. The fourth-order valence-corrected chi connectivity index (χ4v) is 19.0. The van der Waals surface area contributed by atoms with Crippen molar-refractivity contribution in [2.24, 2.45) is 0 Å². The third kappa shape index (κ3) is 11.0. The van der Waals surface area contributed by atoms with Gasteiger partial charge in [-0.15, -0.1) is 0 Å². The van der Waals surface area contributed by atoms with E-state index in [2.05, 4.69) is 0 Å². The molecule has 9 nitrogen and oxygen atoms in total. The van der Waals surface area contributed by atoms with Gasteiger partial charge in [0, 0.05) is 27.3 Å². The summed E-state index contributed by atoms with van der Waals surface area (Å²) in [5.41, 5.74) is 0. The minimum absolute atomic E-state index is 0.413. The average Bonchev–Trinajstić information content (AvgIpc) is 2.16. The molecule has 0 bridgehead atoms. The lowest BCUT2D eigenvalue weighted by atomic mass is 10.9. The van der Waals surface area contributed by atoms with Crippen molar-refractivity contribution >= 4 is 52.4 Å². The van der Waals surface area contributed by atoms with Gasteiger partial charge in [0.15, 0.2) is 0 Å². The molecule has 0 heterocycles. The molecule has 0 unspecified atom stereocenters. The molecule has 0 radical (unpaired) electrons. The van der Waals surface area contributed by atoms with E-state index < -0.39 is 52.4 Å². The van der Waals surface area contributed by atoms with E-state index in [0.29, 0.717) is 0 Å². The molecule has 0 saturated heterocycles.